The van der Waals surface area contributed by atoms with Crippen LogP contribution in [-0.4, -0.2) is 53.3 Å². The predicted octanol–water partition coefficient (Wildman–Crippen LogP) is 3.33. The molecule has 0 saturated heterocycles. The van der Waals surface area contributed by atoms with E-state index in [4.69, 9.17) is 4.74 Å². The van der Waals surface area contributed by atoms with E-state index in [1.165, 1.54) is 23.1 Å². The van der Waals surface area contributed by atoms with Gasteiger partial charge in [-0.15, -0.1) is 0 Å². The molecule has 0 bridgehead atoms. The summed E-state index contributed by atoms with van der Waals surface area (Å²) in [4.78, 5) is 63.4. The second-order valence-electron chi connectivity index (χ2n) is 10.1. The van der Waals surface area contributed by atoms with Crippen molar-refractivity contribution in [1.29, 1.82) is 0 Å². The Morgan fingerprint density at radius 2 is 1.62 bits per heavy atom. The van der Waals surface area contributed by atoms with Gasteiger partial charge in [0.2, 0.25) is 5.91 Å². The van der Waals surface area contributed by atoms with E-state index in [1.807, 2.05) is 13.8 Å². The molecule has 0 aliphatic carbocycles. The Bertz CT molecular complexity index is 1230. The van der Waals surface area contributed by atoms with Crippen LogP contribution in [-0.2, 0) is 16.1 Å². The van der Waals surface area contributed by atoms with E-state index in [0.29, 0.717) is 17.8 Å². The number of fused-ring (bicyclic) bond motifs is 1. The Balaban J connectivity index is 1.61. The number of carbonyl (C=O) groups is 5. The molecule has 1 aliphatic rings. The fourth-order valence-corrected chi connectivity index (χ4v) is 3.70. The zero-order valence-electron chi connectivity index (χ0n) is 21.6. The lowest BCUT2D eigenvalue weighted by Gasteiger charge is -2.19. The van der Waals surface area contributed by atoms with Crippen LogP contribution in [0, 0.1) is 5.92 Å². The van der Waals surface area contributed by atoms with Crippen molar-refractivity contribution in [2.24, 2.45) is 5.92 Å². The van der Waals surface area contributed by atoms with Crippen LogP contribution < -0.4 is 16.0 Å². The maximum Gasteiger partial charge on any atom is 0.408 e. The summed E-state index contributed by atoms with van der Waals surface area (Å²) in [5, 5.41) is 7.88. The molecule has 0 atom stereocenters. The average Bonchev–Trinajstić information content (AvgIpc) is 3.05. The van der Waals surface area contributed by atoms with Crippen molar-refractivity contribution in [3.8, 4) is 0 Å². The third-order valence-corrected chi connectivity index (χ3v) is 5.30. The van der Waals surface area contributed by atoms with Gasteiger partial charge in [0.05, 0.1) is 11.1 Å². The molecule has 3 N–H and O–H groups in total. The Morgan fingerprint density at radius 1 is 0.946 bits per heavy atom. The number of anilines is 1. The number of para-hydroxylation sites is 1. The highest BCUT2D eigenvalue weighted by molar-refractivity contribution is 6.22. The Labute approximate surface area is 215 Å². The highest BCUT2D eigenvalue weighted by atomic mass is 16.6. The third kappa shape index (κ3) is 7.16. The predicted molar refractivity (Wildman–Crippen MR) is 137 cm³/mol. The van der Waals surface area contributed by atoms with Crippen LogP contribution in [0.2, 0.25) is 0 Å². The summed E-state index contributed by atoms with van der Waals surface area (Å²) >= 11 is 0. The molecule has 0 saturated carbocycles. The van der Waals surface area contributed by atoms with Gasteiger partial charge in [-0.3, -0.25) is 24.1 Å². The normalized spacial score (nSPS) is 12.9. The van der Waals surface area contributed by atoms with Gasteiger partial charge >= 0.3 is 6.09 Å². The monoisotopic (exact) mass is 508 g/mol. The maximum absolute atomic E-state index is 12.8. The first-order valence-electron chi connectivity index (χ1n) is 12.0. The first kappa shape index (κ1) is 27.4. The van der Waals surface area contributed by atoms with Crippen molar-refractivity contribution >= 4 is 35.4 Å². The number of imide groups is 1. The highest BCUT2D eigenvalue weighted by Crippen LogP contribution is 2.25. The molecular weight excluding hydrogens is 476 g/mol. The number of carbonyl (C=O) groups excluding carboxylic acids is 5. The van der Waals surface area contributed by atoms with Crippen molar-refractivity contribution in [1.82, 2.24) is 15.5 Å². The summed E-state index contributed by atoms with van der Waals surface area (Å²) in [5.74, 6) is -1.53. The number of amides is 5. The summed E-state index contributed by atoms with van der Waals surface area (Å²) in [7, 11) is 0. The van der Waals surface area contributed by atoms with Gasteiger partial charge < -0.3 is 20.7 Å². The minimum absolute atomic E-state index is 0.0955. The number of benzene rings is 2. The van der Waals surface area contributed by atoms with Gasteiger partial charge in [-0.2, -0.15) is 0 Å². The molecule has 5 amide bonds. The molecule has 196 valence electrons. The molecule has 2 aromatic rings. The molecule has 2 aromatic carbocycles. The lowest BCUT2D eigenvalue weighted by molar-refractivity contribution is -0.115. The fraction of sp³-hybridized carbons (Fsp3) is 0.370. The molecule has 0 fully saturated rings. The van der Waals surface area contributed by atoms with E-state index >= 15 is 0 Å². The van der Waals surface area contributed by atoms with Gasteiger partial charge in [0.1, 0.15) is 12.1 Å². The number of rotatable bonds is 8. The third-order valence-electron chi connectivity index (χ3n) is 5.30. The highest BCUT2D eigenvalue weighted by Gasteiger charge is 2.36. The molecule has 10 nitrogen and oxygen atoms in total. The molecule has 0 radical (unpaired) electrons. The summed E-state index contributed by atoms with van der Waals surface area (Å²) in [5.41, 5.74) is 1.17. The van der Waals surface area contributed by atoms with Crippen LogP contribution in [0.15, 0.2) is 42.5 Å². The van der Waals surface area contributed by atoms with E-state index in [9.17, 15) is 24.0 Å². The Morgan fingerprint density at radius 3 is 2.30 bits per heavy atom. The summed E-state index contributed by atoms with van der Waals surface area (Å²) < 4.78 is 5.11. The fourth-order valence-electron chi connectivity index (χ4n) is 3.70. The lowest BCUT2D eigenvalue weighted by Crippen LogP contribution is -2.37. The SMILES string of the molecule is CC(C)CN1C(=O)c2ccc(C(=O)NCc3ccccc3NC(=O)CNC(=O)OC(C)(C)C)cc2C1=O. The van der Waals surface area contributed by atoms with Gasteiger partial charge in [0.15, 0.2) is 0 Å². The Hall–Kier alpha value is -4.21. The van der Waals surface area contributed by atoms with Crippen LogP contribution in [0.25, 0.3) is 0 Å². The zero-order valence-corrected chi connectivity index (χ0v) is 21.6. The van der Waals surface area contributed by atoms with Gasteiger partial charge in [0.25, 0.3) is 17.7 Å². The molecule has 37 heavy (non-hydrogen) atoms. The topological polar surface area (TPSA) is 134 Å². The van der Waals surface area contributed by atoms with E-state index in [0.717, 1.165) is 0 Å². The smallest absolute Gasteiger partial charge is 0.408 e. The van der Waals surface area contributed by atoms with Crippen LogP contribution >= 0.6 is 0 Å². The van der Waals surface area contributed by atoms with Crippen molar-refractivity contribution in [3.05, 3.63) is 64.7 Å². The number of hydrogen-bond acceptors (Lipinski definition) is 6. The van der Waals surface area contributed by atoms with Crippen LogP contribution in [0.5, 0.6) is 0 Å². The average molecular weight is 509 g/mol. The maximum atomic E-state index is 12.8. The van der Waals surface area contributed by atoms with Crippen LogP contribution in [0.1, 0.15) is 71.3 Å². The second kappa shape index (κ2) is 11.2. The van der Waals surface area contributed by atoms with Gasteiger partial charge in [-0.05, 0) is 56.5 Å². The quantitative estimate of drug-likeness (QED) is 0.469. The first-order chi connectivity index (χ1) is 17.4. The van der Waals surface area contributed by atoms with Gasteiger partial charge in [-0.25, -0.2) is 4.79 Å². The lowest BCUT2D eigenvalue weighted by atomic mass is 10.1. The van der Waals surface area contributed by atoms with E-state index in [1.54, 1.807) is 45.0 Å². The number of nitrogens with one attached hydrogen (secondary N) is 3. The summed E-state index contributed by atoms with van der Waals surface area (Å²) in [6.45, 7) is 9.12. The molecule has 1 heterocycles. The number of hydrogen-bond donors (Lipinski definition) is 3. The van der Waals surface area contributed by atoms with Crippen molar-refractivity contribution in [2.75, 3.05) is 18.4 Å². The van der Waals surface area contributed by atoms with Gasteiger partial charge in [0, 0.05) is 24.3 Å². The molecule has 0 spiro atoms. The van der Waals surface area contributed by atoms with Crippen molar-refractivity contribution in [3.63, 3.8) is 0 Å². The van der Waals surface area contributed by atoms with Crippen molar-refractivity contribution < 1.29 is 28.7 Å². The summed E-state index contributed by atoms with van der Waals surface area (Å²) in [6, 6.07) is 11.3. The molecular formula is C27H32N4O6. The second-order valence-corrected chi connectivity index (χ2v) is 10.1. The standard InChI is InChI=1S/C27H32N4O6/c1-16(2)15-31-24(34)19-11-10-17(12-20(19)25(31)35)23(33)28-13-18-8-6-7-9-21(18)30-22(32)14-29-26(36)37-27(3,4)5/h6-12,16H,13-15H2,1-5H3,(H,28,33)(H,29,36)(H,30,32). The minimum atomic E-state index is -0.704. The molecule has 0 aromatic heterocycles. The summed E-state index contributed by atoms with van der Waals surface area (Å²) in [6.07, 6.45) is -0.704. The van der Waals surface area contributed by atoms with Crippen LogP contribution in [0.4, 0.5) is 10.5 Å². The molecule has 10 heteroatoms. The largest absolute Gasteiger partial charge is 0.444 e. The van der Waals surface area contributed by atoms with Gasteiger partial charge in [-0.1, -0.05) is 32.0 Å². The molecule has 1 aliphatic heterocycles. The number of nitrogens with zero attached hydrogens (tertiary/aromatic N) is 1. The Kier molecular flexibility index (Phi) is 8.31. The van der Waals surface area contributed by atoms with Crippen molar-refractivity contribution in [2.45, 2.75) is 46.8 Å². The van der Waals surface area contributed by atoms with E-state index in [2.05, 4.69) is 16.0 Å². The molecule has 3 rings (SSSR count). The van der Waals surface area contributed by atoms with E-state index in [-0.39, 0.29) is 41.6 Å². The van der Waals surface area contributed by atoms with E-state index < -0.39 is 29.4 Å². The number of ether oxygens (including phenoxy) is 1. The minimum Gasteiger partial charge on any atom is -0.444 e. The zero-order chi connectivity index (χ0) is 27.3. The van der Waals surface area contributed by atoms with Crippen LogP contribution in [0.3, 0.4) is 0 Å². The number of alkyl carbamates (subject to hydrolysis) is 1. The molecule has 0 unspecified atom stereocenters. The first-order valence-corrected chi connectivity index (χ1v) is 12.0.